The van der Waals surface area contributed by atoms with Gasteiger partial charge in [0.15, 0.2) is 0 Å². The van der Waals surface area contributed by atoms with Crippen LogP contribution in [0.25, 0.3) is 0 Å². The molecule has 6 heteroatoms. The number of benzene rings is 1. The van der Waals surface area contributed by atoms with E-state index in [0.717, 1.165) is 12.6 Å². The van der Waals surface area contributed by atoms with E-state index in [1.165, 1.54) is 12.1 Å². The molecule has 1 amide bonds. The van der Waals surface area contributed by atoms with Crippen LogP contribution in [0.4, 0.5) is 8.78 Å². The molecule has 2 rings (SSSR count). The van der Waals surface area contributed by atoms with Gasteiger partial charge in [0.25, 0.3) is 0 Å². The van der Waals surface area contributed by atoms with Gasteiger partial charge in [0.2, 0.25) is 5.91 Å². The summed E-state index contributed by atoms with van der Waals surface area (Å²) in [6.07, 6.45) is -0.0150. The van der Waals surface area contributed by atoms with Crippen molar-refractivity contribution in [3.8, 4) is 0 Å². The second-order valence-corrected chi connectivity index (χ2v) is 4.61. The maximum Gasteiger partial charge on any atom is 0.227 e. The summed E-state index contributed by atoms with van der Waals surface area (Å²) in [6.45, 7) is 4.00. The van der Waals surface area contributed by atoms with E-state index in [0.29, 0.717) is 13.1 Å². The van der Waals surface area contributed by atoms with E-state index in [2.05, 4.69) is 5.32 Å². The van der Waals surface area contributed by atoms with Crippen LogP contribution in [0.2, 0.25) is 0 Å². The van der Waals surface area contributed by atoms with Crippen LogP contribution >= 0.6 is 12.4 Å². The van der Waals surface area contributed by atoms with Gasteiger partial charge in [-0.2, -0.15) is 0 Å². The highest BCUT2D eigenvalue weighted by atomic mass is 35.5. The lowest BCUT2D eigenvalue weighted by Gasteiger charge is -2.32. The fourth-order valence-corrected chi connectivity index (χ4v) is 2.10. The van der Waals surface area contributed by atoms with Crippen molar-refractivity contribution in [1.29, 1.82) is 0 Å². The number of nitrogens with zero attached hydrogens (tertiary/aromatic N) is 1. The Balaban J connectivity index is 0.00000180. The maximum atomic E-state index is 13.4. The molecule has 106 valence electrons. The van der Waals surface area contributed by atoms with Crippen molar-refractivity contribution < 1.29 is 13.6 Å². The van der Waals surface area contributed by atoms with Crippen molar-refractivity contribution in [2.24, 2.45) is 0 Å². The van der Waals surface area contributed by atoms with Gasteiger partial charge in [0.05, 0.1) is 6.42 Å². The van der Waals surface area contributed by atoms with Gasteiger partial charge in [-0.05, 0) is 18.6 Å². The van der Waals surface area contributed by atoms with Crippen molar-refractivity contribution in [3.05, 3.63) is 35.4 Å². The number of amides is 1. The first-order valence-electron chi connectivity index (χ1n) is 6.01. The predicted octanol–water partition coefficient (Wildman–Crippen LogP) is 1.75. The number of hydrogen-bond acceptors (Lipinski definition) is 2. The van der Waals surface area contributed by atoms with Gasteiger partial charge in [-0.25, -0.2) is 8.78 Å². The number of piperazine rings is 1. The second-order valence-electron chi connectivity index (χ2n) is 4.61. The summed E-state index contributed by atoms with van der Waals surface area (Å²) in [5, 5.41) is 3.23. The highest BCUT2D eigenvalue weighted by molar-refractivity contribution is 5.85. The first-order chi connectivity index (χ1) is 8.56. The Hall–Kier alpha value is -1.20. The number of nitrogens with one attached hydrogen (secondary N) is 1. The van der Waals surface area contributed by atoms with Crippen LogP contribution in [0.1, 0.15) is 12.5 Å². The number of carbonyl (C=O) groups is 1. The third-order valence-corrected chi connectivity index (χ3v) is 3.08. The molecule has 1 atom stereocenters. The van der Waals surface area contributed by atoms with Crippen molar-refractivity contribution in [2.75, 3.05) is 19.6 Å². The summed E-state index contributed by atoms with van der Waals surface area (Å²) >= 11 is 0. The monoisotopic (exact) mass is 290 g/mol. The van der Waals surface area contributed by atoms with Crippen molar-refractivity contribution >= 4 is 18.3 Å². The molecule has 1 fully saturated rings. The number of rotatable bonds is 2. The lowest BCUT2D eigenvalue weighted by molar-refractivity contribution is -0.131. The Kier molecular flexibility index (Phi) is 5.69. The first kappa shape index (κ1) is 15.9. The van der Waals surface area contributed by atoms with Crippen molar-refractivity contribution in [2.45, 2.75) is 19.4 Å². The number of hydrogen-bond donors (Lipinski definition) is 1. The maximum absolute atomic E-state index is 13.4. The summed E-state index contributed by atoms with van der Waals surface area (Å²) in [5.41, 5.74) is 0.243. The van der Waals surface area contributed by atoms with Gasteiger partial charge in [-0.1, -0.05) is 6.07 Å². The molecule has 1 unspecified atom stereocenters. The Morgan fingerprint density at radius 2 is 2.21 bits per heavy atom. The van der Waals surface area contributed by atoms with E-state index in [-0.39, 0.29) is 36.3 Å². The Morgan fingerprint density at radius 3 is 2.84 bits per heavy atom. The van der Waals surface area contributed by atoms with E-state index in [9.17, 15) is 13.6 Å². The summed E-state index contributed by atoms with van der Waals surface area (Å²) in [7, 11) is 0. The van der Waals surface area contributed by atoms with Gasteiger partial charge >= 0.3 is 0 Å². The molecule has 0 radical (unpaired) electrons. The van der Waals surface area contributed by atoms with Gasteiger partial charge < -0.3 is 10.2 Å². The normalized spacial score (nSPS) is 18.9. The molecule has 0 aliphatic carbocycles. The Morgan fingerprint density at radius 1 is 1.47 bits per heavy atom. The van der Waals surface area contributed by atoms with Crippen LogP contribution in [-0.4, -0.2) is 36.5 Å². The zero-order valence-electron chi connectivity index (χ0n) is 10.7. The van der Waals surface area contributed by atoms with Crippen LogP contribution in [0, 0.1) is 11.6 Å². The van der Waals surface area contributed by atoms with Gasteiger partial charge in [-0.3, -0.25) is 4.79 Å². The molecule has 0 aromatic heterocycles. The van der Waals surface area contributed by atoms with Crippen LogP contribution in [-0.2, 0) is 11.2 Å². The van der Waals surface area contributed by atoms with Gasteiger partial charge in [0, 0.05) is 31.7 Å². The van der Waals surface area contributed by atoms with Gasteiger partial charge in [-0.15, -0.1) is 12.4 Å². The van der Waals surface area contributed by atoms with Crippen LogP contribution in [0.15, 0.2) is 18.2 Å². The van der Waals surface area contributed by atoms with Crippen LogP contribution < -0.4 is 5.32 Å². The molecule has 1 N–H and O–H groups in total. The molecule has 1 aliphatic heterocycles. The summed E-state index contributed by atoms with van der Waals surface area (Å²) < 4.78 is 26.2. The zero-order valence-corrected chi connectivity index (χ0v) is 11.5. The molecular formula is C13H17ClF2N2O. The molecule has 1 aromatic rings. The molecule has 0 spiro atoms. The minimum Gasteiger partial charge on any atom is -0.340 e. The zero-order chi connectivity index (χ0) is 13.1. The van der Waals surface area contributed by atoms with Crippen LogP contribution in [0.3, 0.4) is 0 Å². The smallest absolute Gasteiger partial charge is 0.227 e. The predicted molar refractivity (Wildman–Crippen MR) is 71.4 cm³/mol. The minimum absolute atomic E-state index is 0. The largest absolute Gasteiger partial charge is 0.340 e. The minimum atomic E-state index is -0.661. The third kappa shape index (κ3) is 4.14. The average molecular weight is 291 g/mol. The quantitative estimate of drug-likeness (QED) is 0.900. The lowest BCUT2D eigenvalue weighted by Crippen LogP contribution is -2.51. The number of halogens is 3. The van der Waals surface area contributed by atoms with Gasteiger partial charge in [0.1, 0.15) is 11.6 Å². The molecule has 19 heavy (non-hydrogen) atoms. The highest BCUT2D eigenvalue weighted by Crippen LogP contribution is 2.12. The summed E-state index contributed by atoms with van der Waals surface area (Å²) in [6, 6.07) is 3.56. The average Bonchev–Trinajstić information content (AvgIpc) is 2.32. The molecule has 1 saturated heterocycles. The molecule has 1 heterocycles. The lowest BCUT2D eigenvalue weighted by atomic mass is 10.1. The van der Waals surface area contributed by atoms with E-state index >= 15 is 0 Å². The summed E-state index contributed by atoms with van der Waals surface area (Å²) in [4.78, 5) is 13.7. The highest BCUT2D eigenvalue weighted by Gasteiger charge is 2.21. The molecule has 0 bridgehead atoms. The van der Waals surface area contributed by atoms with Crippen molar-refractivity contribution in [1.82, 2.24) is 10.2 Å². The first-order valence-corrected chi connectivity index (χ1v) is 6.01. The van der Waals surface area contributed by atoms with E-state index < -0.39 is 11.6 Å². The Labute approximate surface area is 117 Å². The molecule has 0 saturated carbocycles. The molecular weight excluding hydrogens is 274 g/mol. The fraction of sp³-hybridized carbons (Fsp3) is 0.462. The second kappa shape index (κ2) is 6.82. The van der Waals surface area contributed by atoms with E-state index in [1.54, 1.807) is 4.90 Å². The van der Waals surface area contributed by atoms with E-state index in [4.69, 9.17) is 0 Å². The SMILES string of the molecule is CC1CN(C(=O)Cc2ccc(F)cc2F)CCN1.Cl. The fourth-order valence-electron chi connectivity index (χ4n) is 2.10. The number of carbonyl (C=O) groups excluding carboxylic acids is 1. The van der Waals surface area contributed by atoms with Crippen molar-refractivity contribution in [3.63, 3.8) is 0 Å². The third-order valence-electron chi connectivity index (χ3n) is 3.08. The molecule has 1 aliphatic rings. The van der Waals surface area contributed by atoms with Crippen LogP contribution in [0.5, 0.6) is 0 Å². The molecule has 3 nitrogen and oxygen atoms in total. The topological polar surface area (TPSA) is 32.3 Å². The standard InChI is InChI=1S/C13H16F2N2O.ClH/c1-9-8-17(5-4-16-9)13(18)6-10-2-3-11(14)7-12(10)15;/h2-3,7,9,16H,4-6,8H2,1H3;1H. The Bertz CT molecular complexity index is 456. The molecule has 1 aromatic carbocycles. The summed E-state index contributed by atoms with van der Waals surface area (Å²) in [5.74, 6) is -1.40. The van der Waals surface area contributed by atoms with E-state index in [1.807, 2.05) is 6.92 Å².